The van der Waals surface area contributed by atoms with Gasteiger partial charge in [-0.05, 0) is 12.1 Å². The van der Waals surface area contributed by atoms with E-state index in [1.54, 1.807) is 6.20 Å². The summed E-state index contributed by atoms with van der Waals surface area (Å²) in [6, 6.07) is 7.61. The largest absolute Gasteiger partial charge is 0.360 e. The number of rotatable bonds is 4. The van der Waals surface area contributed by atoms with Gasteiger partial charge >= 0.3 is 0 Å². The first-order valence-electron chi connectivity index (χ1n) is 4.47. The van der Waals surface area contributed by atoms with Gasteiger partial charge in [-0.25, -0.2) is 0 Å². The van der Waals surface area contributed by atoms with Gasteiger partial charge in [0.25, 0.3) is 0 Å². The number of nitriles is 1. The van der Waals surface area contributed by atoms with E-state index in [2.05, 4.69) is 15.3 Å². The summed E-state index contributed by atoms with van der Waals surface area (Å²) in [5, 5.41) is 11.2. The Balaban J connectivity index is 2.51. The standard InChI is InChI=1S/C10H11ClN4/c11-7-10(14-6-4-12)15-8-9-3-1-2-5-13-9/h1-3,5H,6-8H2,(H,14,15). The zero-order valence-corrected chi connectivity index (χ0v) is 8.91. The van der Waals surface area contributed by atoms with E-state index in [9.17, 15) is 0 Å². The van der Waals surface area contributed by atoms with Crippen LogP contribution < -0.4 is 5.32 Å². The van der Waals surface area contributed by atoms with Gasteiger partial charge in [0, 0.05) is 6.20 Å². The minimum absolute atomic E-state index is 0.216. The third-order valence-corrected chi connectivity index (χ3v) is 1.91. The summed E-state index contributed by atoms with van der Waals surface area (Å²) < 4.78 is 0. The average molecular weight is 223 g/mol. The fourth-order valence-corrected chi connectivity index (χ4v) is 1.13. The van der Waals surface area contributed by atoms with Crippen LogP contribution in [0, 0.1) is 11.3 Å². The normalized spacial score (nSPS) is 10.8. The second-order valence-corrected chi connectivity index (χ2v) is 3.00. The minimum Gasteiger partial charge on any atom is -0.360 e. The molecule has 0 aliphatic rings. The Kier molecular flexibility index (Phi) is 5.20. The molecule has 0 aliphatic carbocycles. The van der Waals surface area contributed by atoms with Crippen LogP contribution in [0.3, 0.4) is 0 Å². The third kappa shape index (κ3) is 4.43. The summed E-state index contributed by atoms with van der Waals surface area (Å²) in [5.74, 6) is 0.887. The lowest BCUT2D eigenvalue weighted by Gasteiger charge is -2.02. The van der Waals surface area contributed by atoms with Crippen LogP contribution in [0.15, 0.2) is 29.4 Å². The molecule has 0 amide bonds. The Hall–Kier alpha value is -1.60. The maximum Gasteiger partial charge on any atom is 0.113 e. The molecule has 0 aliphatic heterocycles. The molecule has 0 bridgehead atoms. The van der Waals surface area contributed by atoms with Crippen molar-refractivity contribution in [1.82, 2.24) is 10.3 Å². The molecule has 1 rings (SSSR count). The number of hydrogen-bond donors (Lipinski definition) is 1. The molecule has 0 fully saturated rings. The topological polar surface area (TPSA) is 61.1 Å². The van der Waals surface area contributed by atoms with Gasteiger partial charge in [-0.15, -0.1) is 11.6 Å². The lowest BCUT2D eigenvalue weighted by atomic mass is 10.3. The lowest BCUT2D eigenvalue weighted by Crippen LogP contribution is -2.25. The summed E-state index contributed by atoms with van der Waals surface area (Å²) in [4.78, 5) is 8.33. The molecule has 0 saturated carbocycles. The number of nitrogens with one attached hydrogen (secondary N) is 1. The molecule has 15 heavy (non-hydrogen) atoms. The first-order valence-corrected chi connectivity index (χ1v) is 5.00. The molecule has 4 nitrogen and oxygen atoms in total. The van der Waals surface area contributed by atoms with Gasteiger partial charge < -0.3 is 5.32 Å². The molecule has 0 spiro atoms. The smallest absolute Gasteiger partial charge is 0.113 e. The van der Waals surface area contributed by atoms with Crippen molar-refractivity contribution in [3.63, 3.8) is 0 Å². The van der Waals surface area contributed by atoms with E-state index in [4.69, 9.17) is 16.9 Å². The zero-order chi connectivity index (χ0) is 10.9. The SMILES string of the molecule is N#CCNC(CCl)=NCc1ccccn1. The molecule has 0 atom stereocenters. The quantitative estimate of drug-likeness (QED) is 0.362. The van der Waals surface area contributed by atoms with Gasteiger partial charge in [0.2, 0.25) is 0 Å². The van der Waals surface area contributed by atoms with Crippen molar-refractivity contribution in [3.05, 3.63) is 30.1 Å². The molecule has 1 aromatic rings. The molecule has 0 saturated heterocycles. The van der Waals surface area contributed by atoms with Gasteiger partial charge in [-0.1, -0.05) is 6.07 Å². The van der Waals surface area contributed by atoms with Crippen molar-refractivity contribution in [1.29, 1.82) is 5.26 Å². The number of amidine groups is 1. The van der Waals surface area contributed by atoms with Crippen LogP contribution in [0.25, 0.3) is 0 Å². The van der Waals surface area contributed by atoms with Gasteiger partial charge in [-0.3, -0.25) is 9.98 Å². The molecule has 1 heterocycles. The molecule has 1 N–H and O–H groups in total. The summed E-state index contributed by atoms with van der Waals surface area (Å²) >= 11 is 5.65. The highest BCUT2D eigenvalue weighted by atomic mass is 35.5. The highest BCUT2D eigenvalue weighted by Crippen LogP contribution is 1.96. The highest BCUT2D eigenvalue weighted by Gasteiger charge is 1.96. The zero-order valence-electron chi connectivity index (χ0n) is 8.15. The maximum absolute atomic E-state index is 8.37. The fourth-order valence-electron chi connectivity index (χ4n) is 0.955. The number of alkyl halides is 1. The second kappa shape index (κ2) is 6.80. The number of pyridine rings is 1. The van der Waals surface area contributed by atoms with Gasteiger partial charge in [0.1, 0.15) is 12.4 Å². The molecular formula is C10H11ClN4. The Morgan fingerprint density at radius 1 is 1.60 bits per heavy atom. The highest BCUT2D eigenvalue weighted by molar-refractivity contribution is 6.28. The van der Waals surface area contributed by atoms with Crippen LogP contribution in [-0.2, 0) is 6.54 Å². The first-order chi connectivity index (χ1) is 7.36. The molecule has 0 radical (unpaired) electrons. The van der Waals surface area contributed by atoms with Crippen LogP contribution in [0.5, 0.6) is 0 Å². The Morgan fingerprint density at radius 3 is 3.07 bits per heavy atom. The Bertz CT molecular complexity index is 355. The van der Waals surface area contributed by atoms with E-state index in [0.717, 1.165) is 5.69 Å². The summed E-state index contributed by atoms with van der Waals surface area (Å²) in [6.07, 6.45) is 1.72. The molecule has 0 unspecified atom stereocenters. The predicted octanol–water partition coefficient (Wildman–Crippen LogP) is 1.33. The van der Waals surface area contributed by atoms with E-state index in [0.29, 0.717) is 12.4 Å². The fraction of sp³-hybridized carbons (Fsp3) is 0.300. The Labute approximate surface area is 93.6 Å². The van der Waals surface area contributed by atoms with Crippen LogP contribution in [-0.4, -0.2) is 23.2 Å². The Morgan fingerprint density at radius 2 is 2.47 bits per heavy atom. The van der Waals surface area contributed by atoms with Crippen LogP contribution >= 0.6 is 11.6 Å². The first kappa shape index (κ1) is 11.5. The molecule has 1 aromatic heterocycles. The lowest BCUT2D eigenvalue weighted by molar-refractivity contribution is 0.949. The monoisotopic (exact) mass is 222 g/mol. The van der Waals surface area contributed by atoms with Crippen molar-refractivity contribution in [3.8, 4) is 6.07 Å². The molecular weight excluding hydrogens is 212 g/mol. The van der Waals surface area contributed by atoms with Gasteiger partial charge in [0.15, 0.2) is 0 Å². The molecule has 78 valence electrons. The average Bonchev–Trinajstić information content (AvgIpc) is 2.31. The number of aliphatic imine (C=N–C) groups is 1. The van der Waals surface area contributed by atoms with Crippen LogP contribution in [0.1, 0.15) is 5.69 Å². The summed E-state index contributed by atoms with van der Waals surface area (Å²) in [6.45, 7) is 0.690. The van der Waals surface area contributed by atoms with Crippen molar-refractivity contribution < 1.29 is 0 Å². The minimum atomic E-state index is 0.216. The number of halogens is 1. The second-order valence-electron chi connectivity index (χ2n) is 2.73. The van der Waals surface area contributed by atoms with E-state index in [1.165, 1.54) is 0 Å². The van der Waals surface area contributed by atoms with E-state index in [1.807, 2.05) is 24.3 Å². The van der Waals surface area contributed by atoms with Gasteiger partial charge in [-0.2, -0.15) is 5.26 Å². The van der Waals surface area contributed by atoms with Crippen LogP contribution in [0.2, 0.25) is 0 Å². The maximum atomic E-state index is 8.37. The van der Waals surface area contributed by atoms with E-state index >= 15 is 0 Å². The van der Waals surface area contributed by atoms with Crippen LogP contribution in [0.4, 0.5) is 0 Å². The van der Waals surface area contributed by atoms with Crippen molar-refractivity contribution in [2.75, 3.05) is 12.4 Å². The van der Waals surface area contributed by atoms with Gasteiger partial charge in [0.05, 0.1) is 24.2 Å². The summed E-state index contributed by atoms with van der Waals surface area (Å²) in [7, 11) is 0. The molecule has 5 heteroatoms. The number of aromatic nitrogens is 1. The van der Waals surface area contributed by atoms with Crippen molar-refractivity contribution >= 4 is 17.4 Å². The molecule has 0 aromatic carbocycles. The van der Waals surface area contributed by atoms with Crippen molar-refractivity contribution in [2.24, 2.45) is 4.99 Å². The van der Waals surface area contributed by atoms with Crippen molar-refractivity contribution in [2.45, 2.75) is 6.54 Å². The van der Waals surface area contributed by atoms with E-state index in [-0.39, 0.29) is 12.4 Å². The predicted molar refractivity (Wildman–Crippen MR) is 59.7 cm³/mol. The number of hydrogen-bond acceptors (Lipinski definition) is 3. The third-order valence-electron chi connectivity index (χ3n) is 1.66. The summed E-state index contributed by atoms with van der Waals surface area (Å²) in [5.41, 5.74) is 0.874. The van der Waals surface area contributed by atoms with E-state index < -0.39 is 0 Å². The number of nitrogens with zero attached hydrogens (tertiary/aromatic N) is 3.